The summed E-state index contributed by atoms with van der Waals surface area (Å²) in [6, 6.07) is 16.4. The van der Waals surface area contributed by atoms with Crippen LogP contribution in [-0.2, 0) is 21.4 Å². The van der Waals surface area contributed by atoms with E-state index in [9.17, 15) is 9.59 Å². The molecule has 0 spiro atoms. The highest BCUT2D eigenvalue weighted by atomic mass is 16.5. The number of anilines is 1. The van der Waals surface area contributed by atoms with Gasteiger partial charge in [0.2, 0.25) is 11.8 Å². The van der Waals surface area contributed by atoms with E-state index >= 15 is 0 Å². The molecule has 0 radical (unpaired) electrons. The normalized spacial score (nSPS) is 12.0. The summed E-state index contributed by atoms with van der Waals surface area (Å²) in [6.45, 7) is 5.79. The van der Waals surface area contributed by atoms with Gasteiger partial charge in [-0.1, -0.05) is 44.2 Å². The molecule has 0 saturated heterocycles. The third-order valence-electron chi connectivity index (χ3n) is 5.54. The van der Waals surface area contributed by atoms with E-state index in [1.165, 1.54) is 0 Å². The summed E-state index contributed by atoms with van der Waals surface area (Å²) in [5.74, 6) is 0.937. The molecule has 3 N–H and O–H groups in total. The summed E-state index contributed by atoms with van der Waals surface area (Å²) in [5.41, 5.74) is 2.40. The number of hydrogen-bond donors (Lipinski definition) is 3. The Labute approximate surface area is 193 Å². The van der Waals surface area contributed by atoms with Gasteiger partial charge in [-0.3, -0.25) is 14.7 Å². The summed E-state index contributed by atoms with van der Waals surface area (Å²) < 4.78 is 10.5. The molecule has 0 aliphatic rings. The van der Waals surface area contributed by atoms with Crippen LogP contribution in [0.3, 0.4) is 0 Å². The van der Waals surface area contributed by atoms with Gasteiger partial charge in [0, 0.05) is 23.2 Å². The molecule has 0 fully saturated rings. The molecule has 8 heteroatoms. The first-order valence-electron chi connectivity index (χ1n) is 10.7. The molecule has 1 aromatic heterocycles. The zero-order valence-electron chi connectivity index (χ0n) is 19.6. The van der Waals surface area contributed by atoms with Crippen LogP contribution in [-0.4, -0.2) is 42.3 Å². The van der Waals surface area contributed by atoms with Crippen molar-refractivity contribution in [3.05, 3.63) is 71.4 Å². The Morgan fingerprint density at radius 1 is 1.03 bits per heavy atom. The predicted octanol–water partition coefficient (Wildman–Crippen LogP) is 3.44. The second-order valence-electron chi connectivity index (χ2n) is 8.33. The Morgan fingerprint density at radius 2 is 1.67 bits per heavy atom. The van der Waals surface area contributed by atoms with Crippen LogP contribution >= 0.6 is 0 Å². The van der Waals surface area contributed by atoms with Crippen LogP contribution in [0.5, 0.6) is 11.5 Å². The number of nitrogens with zero attached hydrogens (tertiary/aromatic N) is 1. The SMILES string of the molecule is COc1cc(CC(=O)NC(C)C(=O)Nc2cc(C(C)(C)c3ccccc3)[nH]n2)cc(OC)c1. The van der Waals surface area contributed by atoms with Crippen molar-refractivity contribution in [3.8, 4) is 11.5 Å². The molecule has 2 amide bonds. The third kappa shape index (κ3) is 5.91. The number of rotatable bonds is 9. The van der Waals surface area contributed by atoms with Gasteiger partial charge in [0.05, 0.1) is 20.6 Å². The maximum absolute atomic E-state index is 12.6. The lowest BCUT2D eigenvalue weighted by molar-refractivity contribution is -0.125. The van der Waals surface area contributed by atoms with Crippen molar-refractivity contribution < 1.29 is 19.1 Å². The Balaban J connectivity index is 1.59. The molecule has 8 nitrogen and oxygen atoms in total. The zero-order valence-corrected chi connectivity index (χ0v) is 19.6. The van der Waals surface area contributed by atoms with Crippen molar-refractivity contribution in [1.82, 2.24) is 15.5 Å². The van der Waals surface area contributed by atoms with Gasteiger partial charge in [-0.05, 0) is 30.2 Å². The summed E-state index contributed by atoms with van der Waals surface area (Å²) in [7, 11) is 3.10. The van der Waals surface area contributed by atoms with Crippen molar-refractivity contribution in [3.63, 3.8) is 0 Å². The van der Waals surface area contributed by atoms with Crippen molar-refractivity contribution in [2.24, 2.45) is 0 Å². The molecule has 0 bridgehead atoms. The average molecular weight is 451 g/mol. The monoisotopic (exact) mass is 450 g/mol. The number of benzene rings is 2. The minimum Gasteiger partial charge on any atom is -0.497 e. The highest BCUT2D eigenvalue weighted by Gasteiger charge is 2.26. The Kier molecular flexibility index (Phi) is 7.37. The summed E-state index contributed by atoms with van der Waals surface area (Å²) in [6.07, 6.45) is 0.0863. The van der Waals surface area contributed by atoms with E-state index in [0.29, 0.717) is 17.3 Å². The largest absolute Gasteiger partial charge is 0.497 e. The second kappa shape index (κ2) is 10.2. The Morgan fingerprint density at radius 3 is 2.27 bits per heavy atom. The lowest BCUT2D eigenvalue weighted by atomic mass is 9.82. The van der Waals surface area contributed by atoms with E-state index in [-0.39, 0.29) is 23.7 Å². The number of carbonyl (C=O) groups is 2. The van der Waals surface area contributed by atoms with Crippen LogP contribution < -0.4 is 20.1 Å². The van der Waals surface area contributed by atoms with Crippen molar-refractivity contribution in [2.45, 2.75) is 38.6 Å². The number of amides is 2. The molecule has 174 valence electrons. The molecule has 1 heterocycles. The first kappa shape index (κ1) is 23.8. The van der Waals surface area contributed by atoms with Gasteiger partial charge in [-0.25, -0.2) is 0 Å². The van der Waals surface area contributed by atoms with Gasteiger partial charge in [-0.15, -0.1) is 0 Å². The van der Waals surface area contributed by atoms with Crippen LogP contribution in [0.2, 0.25) is 0 Å². The number of methoxy groups -OCH3 is 2. The molecule has 0 aliphatic heterocycles. The Hall–Kier alpha value is -3.81. The Bertz CT molecular complexity index is 1090. The van der Waals surface area contributed by atoms with E-state index in [1.54, 1.807) is 39.3 Å². The molecule has 2 aromatic carbocycles. The molecule has 3 rings (SSSR count). The fourth-order valence-corrected chi connectivity index (χ4v) is 3.46. The van der Waals surface area contributed by atoms with Crippen LogP contribution in [0.1, 0.15) is 37.6 Å². The van der Waals surface area contributed by atoms with Gasteiger partial charge in [0.15, 0.2) is 5.82 Å². The van der Waals surface area contributed by atoms with Crippen LogP contribution in [0.4, 0.5) is 5.82 Å². The predicted molar refractivity (Wildman–Crippen MR) is 127 cm³/mol. The molecule has 1 atom stereocenters. The van der Waals surface area contributed by atoms with E-state index in [1.807, 2.05) is 24.3 Å². The summed E-state index contributed by atoms with van der Waals surface area (Å²) in [4.78, 5) is 25.1. The highest BCUT2D eigenvalue weighted by Crippen LogP contribution is 2.31. The summed E-state index contributed by atoms with van der Waals surface area (Å²) in [5, 5.41) is 12.7. The van der Waals surface area contributed by atoms with Crippen LogP contribution in [0, 0.1) is 0 Å². The number of ether oxygens (including phenoxy) is 2. The number of hydrogen-bond acceptors (Lipinski definition) is 5. The van der Waals surface area contributed by atoms with E-state index in [4.69, 9.17) is 9.47 Å². The van der Waals surface area contributed by atoms with Gasteiger partial charge in [-0.2, -0.15) is 5.10 Å². The molecule has 0 saturated carbocycles. The number of aromatic amines is 1. The van der Waals surface area contributed by atoms with Gasteiger partial charge < -0.3 is 20.1 Å². The maximum Gasteiger partial charge on any atom is 0.247 e. The van der Waals surface area contributed by atoms with Gasteiger partial charge in [0.1, 0.15) is 17.5 Å². The van der Waals surface area contributed by atoms with E-state index in [0.717, 1.165) is 16.8 Å². The molecular formula is C25H30N4O4. The third-order valence-corrected chi connectivity index (χ3v) is 5.54. The lowest BCUT2D eigenvalue weighted by Crippen LogP contribution is -2.42. The highest BCUT2D eigenvalue weighted by molar-refractivity contribution is 5.96. The maximum atomic E-state index is 12.6. The topological polar surface area (TPSA) is 105 Å². The molecule has 33 heavy (non-hydrogen) atoms. The molecule has 3 aromatic rings. The second-order valence-corrected chi connectivity index (χ2v) is 8.33. The zero-order chi connectivity index (χ0) is 24.0. The number of aromatic nitrogens is 2. The van der Waals surface area contributed by atoms with Crippen molar-refractivity contribution >= 4 is 17.6 Å². The molecular weight excluding hydrogens is 420 g/mol. The smallest absolute Gasteiger partial charge is 0.247 e. The van der Waals surface area contributed by atoms with Gasteiger partial charge >= 0.3 is 0 Å². The first-order chi connectivity index (χ1) is 15.7. The number of carbonyl (C=O) groups excluding carboxylic acids is 2. The molecule has 1 unspecified atom stereocenters. The first-order valence-corrected chi connectivity index (χ1v) is 10.7. The minimum absolute atomic E-state index is 0.0863. The van der Waals surface area contributed by atoms with Crippen molar-refractivity contribution in [2.75, 3.05) is 19.5 Å². The summed E-state index contributed by atoms with van der Waals surface area (Å²) >= 11 is 0. The minimum atomic E-state index is -0.743. The average Bonchev–Trinajstić information content (AvgIpc) is 3.28. The fourth-order valence-electron chi connectivity index (χ4n) is 3.46. The fraction of sp³-hybridized carbons (Fsp3) is 0.320. The lowest BCUT2D eigenvalue weighted by Gasteiger charge is -2.23. The van der Waals surface area contributed by atoms with E-state index in [2.05, 4.69) is 46.8 Å². The standard InChI is InChI=1S/C25H30N4O4/c1-16(26-23(30)13-17-11-19(32-4)14-20(12-17)33-5)24(31)27-22-15-21(28-29-22)25(2,3)18-9-7-6-8-10-18/h6-12,14-16H,13H2,1-5H3,(H,26,30)(H2,27,28,29,31). The number of nitrogens with one attached hydrogen (secondary N) is 3. The van der Waals surface area contributed by atoms with Crippen LogP contribution in [0.25, 0.3) is 0 Å². The molecule has 0 aliphatic carbocycles. The van der Waals surface area contributed by atoms with Gasteiger partial charge in [0.25, 0.3) is 0 Å². The van der Waals surface area contributed by atoms with E-state index < -0.39 is 6.04 Å². The van der Waals surface area contributed by atoms with Crippen molar-refractivity contribution in [1.29, 1.82) is 0 Å². The number of H-pyrrole nitrogens is 1. The van der Waals surface area contributed by atoms with Crippen LogP contribution in [0.15, 0.2) is 54.6 Å². The quantitative estimate of drug-likeness (QED) is 0.463.